The van der Waals surface area contributed by atoms with E-state index < -0.39 is 15.9 Å². The van der Waals surface area contributed by atoms with Crippen LogP contribution in [0.25, 0.3) is 0 Å². The lowest BCUT2D eigenvalue weighted by Gasteiger charge is -2.17. The molecule has 2 aromatic carbocycles. The highest BCUT2D eigenvalue weighted by atomic mass is 35.5. The Morgan fingerprint density at radius 3 is 2.61 bits per heavy atom. The Labute approximate surface area is 138 Å². The summed E-state index contributed by atoms with van der Waals surface area (Å²) in [7, 11) is -1.01. The monoisotopic (exact) mass is 352 g/mol. The first-order valence-electron chi connectivity index (χ1n) is 6.67. The van der Waals surface area contributed by atoms with E-state index in [2.05, 4.69) is 5.32 Å². The van der Waals surface area contributed by atoms with Gasteiger partial charge < -0.3 is 10.1 Å². The molecular weight excluding hydrogens is 340 g/mol. The first-order chi connectivity index (χ1) is 10.9. The molecule has 1 aliphatic rings. The second kappa shape index (κ2) is 5.43. The van der Waals surface area contributed by atoms with Crippen molar-refractivity contribution < 1.29 is 17.9 Å². The number of para-hydroxylation sites is 2. The summed E-state index contributed by atoms with van der Waals surface area (Å²) in [5, 5.41) is 2.54. The van der Waals surface area contributed by atoms with E-state index in [4.69, 9.17) is 16.3 Å². The van der Waals surface area contributed by atoms with E-state index in [-0.39, 0.29) is 21.2 Å². The zero-order chi connectivity index (χ0) is 16.8. The minimum absolute atomic E-state index is 0.0689. The summed E-state index contributed by atoms with van der Waals surface area (Å²) in [6.45, 7) is 0. The highest BCUT2D eigenvalue weighted by molar-refractivity contribution is 7.93. The zero-order valence-electron chi connectivity index (χ0n) is 12.3. The van der Waals surface area contributed by atoms with Crippen molar-refractivity contribution in [2.75, 3.05) is 18.4 Å². The van der Waals surface area contributed by atoms with Gasteiger partial charge >= 0.3 is 0 Å². The molecule has 0 saturated heterocycles. The van der Waals surface area contributed by atoms with Gasteiger partial charge in [-0.1, -0.05) is 23.7 Å². The number of fused-ring (bicyclic) bond motifs is 2. The van der Waals surface area contributed by atoms with Gasteiger partial charge in [-0.3, -0.25) is 9.10 Å². The van der Waals surface area contributed by atoms with Crippen molar-refractivity contribution in [1.29, 1.82) is 0 Å². The average Bonchev–Trinajstić information content (AvgIpc) is 2.60. The number of benzene rings is 2. The molecule has 0 radical (unpaired) electrons. The van der Waals surface area contributed by atoms with Crippen molar-refractivity contribution in [3.05, 3.63) is 47.0 Å². The predicted octanol–water partition coefficient (Wildman–Crippen LogP) is 2.63. The number of ether oxygens (including phenoxy) is 1. The summed E-state index contributed by atoms with van der Waals surface area (Å²) in [4.78, 5) is 11.8. The van der Waals surface area contributed by atoms with Crippen molar-refractivity contribution in [3.63, 3.8) is 0 Å². The van der Waals surface area contributed by atoms with E-state index in [9.17, 15) is 13.2 Å². The number of hydrogen-bond acceptors (Lipinski definition) is 4. The van der Waals surface area contributed by atoms with Gasteiger partial charge in [0.1, 0.15) is 10.6 Å². The Balaban J connectivity index is 2.30. The number of sulfonamides is 1. The molecule has 6 nitrogen and oxygen atoms in total. The summed E-state index contributed by atoms with van der Waals surface area (Å²) in [5.41, 5.74) is 0.473. The number of nitrogens with one attached hydrogen (secondary N) is 1. The number of carbonyl (C=O) groups excluding carboxylic acids is 1. The van der Waals surface area contributed by atoms with Crippen LogP contribution >= 0.6 is 11.6 Å². The molecular formula is C15H13ClN2O4S. The molecule has 0 atom stereocenters. The Bertz CT molecular complexity index is 912. The molecule has 1 aliphatic heterocycles. The van der Waals surface area contributed by atoms with Crippen LogP contribution in [0.3, 0.4) is 0 Å². The van der Waals surface area contributed by atoms with Gasteiger partial charge in [0.2, 0.25) is 0 Å². The quantitative estimate of drug-likeness (QED) is 0.856. The van der Waals surface area contributed by atoms with Crippen LogP contribution in [0.15, 0.2) is 41.3 Å². The molecule has 0 saturated carbocycles. The van der Waals surface area contributed by atoms with Crippen LogP contribution in [0.2, 0.25) is 5.02 Å². The number of anilines is 1. The molecule has 1 amide bonds. The fourth-order valence-electron chi connectivity index (χ4n) is 2.32. The van der Waals surface area contributed by atoms with E-state index in [1.807, 2.05) is 0 Å². The maximum absolute atomic E-state index is 12.8. The SMILES string of the molecule is CNC(=O)c1cc2c(cc1Cl)Oc1ccccc1N(C)S2(=O)=O. The van der Waals surface area contributed by atoms with E-state index in [1.54, 1.807) is 24.3 Å². The topological polar surface area (TPSA) is 75.7 Å². The number of halogens is 1. The third kappa shape index (κ3) is 2.42. The van der Waals surface area contributed by atoms with Gasteiger partial charge in [-0.05, 0) is 18.2 Å². The standard InChI is InChI=1S/C15H13ClN2O4S/c1-17-15(19)9-7-14-13(8-10(9)16)22-12-6-4-3-5-11(12)18(2)23(14,20)21/h3-8H,1-2H3,(H,17,19). The fraction of sp³-hybridized carbons (Fsp3) is 0.133. The lowest BCUT2D eigenvalue weighted by Crippen LogP contribution is -2.26. The van der Waals surface area contributed by atoms with Crippen molar-refractivity contribution in [2.45, 2.75) is 4.90 Å². The Kier molecular flexibility index (Phi) is 3.69. The third-order valence-corrected chi connectivity index (χ3v) is 5.67. The number of carbonyl (C=O) groups is 1. The average molecular weight is 353 g/mol. The summed E-state index contributed by atoms with van der Waals surface area (Å²) >= 11 is 6.10. The van der Waals surface area contributed by atoms with Crippen LogP contribution in [0.4, 0.5) is 5.69 Å². The molecule has 23 heavy (non-hydrogen) atoms. The fourth-order valence-corrected chi connectivity index (χ4v) is 3.89. The van der Waals surface area contributed by atoms with Crippen LogP contribution < -0.4 is 14.4 Å². The Hall–Kier alpha value is -2.25. The molecule has 0 bridgehead atoms. The van der Waals surface area contributed by atoms with E-state index in [0.717, 1.165) is 4.31 Å². The highest BCUT2D eigenvalue weighted by Gasteiger charge is 2.32. The molecule has 3 rings (SSSR count). The van der Waals surface area contributed by atoms with Gasteiger partial charge in [0.25, 0.3) is 15.9 Å². The Morgan fingerprint density at radius 2 is 1.91 bits per heavy atom. The summed E-state index contributed by atoms with van der Waals surface area (Å²) in [5.74, 6) is -0.00190. The maximum Gasteiger partial charge on any atom is 0.267 e. The van der Waals surface area contributed by atoms with E-state index in [1.165, 1.54) is 26.2 Å². The number of rotatable bonds is 1. The first kappa shape index (κ1) is 15.6. The summed E-state index contributed by atoms with van der Waals surface area (Å²) in [6, 6.07) is 9.33. The normalized spacial score (nSPS) is 15.0. The lowest BCUT2D eigenvalue weighted by atomic mass is 10.2. The second-order valence-corrected chi connectivity index (χ2v) is 7.25. The lowest BCUT2D eigenvalue weighted by molar-refractivity contribution is 0.0963. The van der Waals surface area contributed by atoms with E-state index in [0.29, 0.717) is 11.4 Å². The van der Waals surface area contributed by atoms with Crippen LogP contribution in [-0.4, -0.2) is 28.4 Å². The minimum atomic E-state index is -3.88. The van der Waals surface area contributed by atoms with Crippen LogP contribution in [-0.2, 0) is 10.0 Å². The van der Waals surface area contributed by atoms with Gasteiger partial charge in [0, 0.05) is 20.2 Å². The molecule has 1 N–H and O–H groups in total. The van der Waals surface area contributed by atoms with Gasteiger partial charge in [0.05, 0.1) is 16.3 Å². The first-order valence-corrected chi connectivity index (χ1v) is 8.49. The predicted molar refractivity (Wildman–Crippen MR) is 86.9 cm³/mol. The molecule has 8 heteroatoms. The van der Waals surface area contributed by atoms with Gasteiger partial charge in [0.15, 0.2) is 5.75 Å². The smallest absolute Gasteiger partial charge is 0.267 e. The molecule has 1 heterocycles. The molecule has 120 valence electrons. The molecule has 0 aliphatic carbocycles. The second-order valence-electron chi connectivity index (χ2n) is 4.90. The summed E-state index contributed by atoms with van der Waals surface area (Å²) < 4.78 is 32.5. The maximum atomic E-state index is 12.8. The highest BCUT2D eigenvalue weighted by Crippen LogP contribution is 2.43. The molecule has 0 fully saturated rings. The van der Waals surface area contributed by atoms with Crippen LogP contribution in [0.1, 0.15) is 10.4 Å². The van der Waals surface area contributed by atoms with Crippen LogP contribution in [0, 0.1) is 0 Å². The summed E-state index contributed by atoms with van der Waals surface area (Å²) in [6.07, 6.45) is 0. The van der Waals surface area contributed by atoms with Gasteiger partial charge in [-0.2, -0.15) is 0 Å². The number of nitrogens with zero attached hydrogens (tertiary/aromatic N) is 1. The molecule has 0 spiro atoms. The minimum Gasteiger partial charge on any atom is -0.454 e. The van der Waals surface area contributed by atoms with Crippen molar-refractivity contribution >= 4 is 33.2 Å². The molecule has 0 aromatic heterocycles. The van der Waals surface area contributed by atoms with Crippen molar-refractivity contribution in [2.24, 2.45) is 0 Å². The number of hydrogen-bond donors (Lipinski definition) is 1. The largest absolute Gasteiger partial charge is 0.454 e. The van der Waals surface area contributed by atoms with Crippen molar-refractivity contribution in [1.82, 2.24) is 5.32 Å². The van der Waals surface area contributed by atoms with E-state index >= 15 is 0 Å². The van der Waals surface area contributed by atoms with Crippen molar-refractivity contribution in [3.8, 4) is 11.5 Å². The zero-order valence-corrected chi connectivity index (χ0v) is 13.9. The molecule has 0 unspecified atom stereocenters. The van der Waals surface area contributed by atoms with Crippen LogP contribution in [0.5, 0.6) is 11.5 Å². The Morgan fingerprint density at radius 1 is 1.22 bits per heavy atom. The number of amides is 1. The van der Waals surface area contributed by atoms with Gasteiger partial charge in [-0.25, -0.2) is 8.42 Å². The van der Waals surface area contributed by atoms with Gasteiger partial charge in [-0.15, -0.1) is 0 Å². The third-order valence-electron chi connectivity index (χ3n) is 3.57. The molecule has 2 aromatic rings.